The van der Waals surface area contributed by atoms with Crippen molar-refractivity contribution in [2.24, 2.45) is 0 Å². The van der Waals surface area contributed by atoms with Crippen molar-refractivity contribution in [3.05, 3.63) is 47.8 Å². The number of fused-ring (bicyclic) bond motifs is 1. The lowest BCUT2D eigenvalue weighted by atomic mass is 10.1. The van der Waals surface area contributed by atoms with Crippen LogP contribution in [0, 0.1) is 6.92 Å². The zero-order chi connectivity index (χ0) is 9.97. The maximum Gasteiger partial charge on any atom is 0.0707 e. The summed E-state index contributed by atoms with van der Waals surface area (Å²) in [6, 6.07) is 10.4. The Hall–Kier alpha value is -1.63. The number of aryl methyl sites for hydroxylation is 1. The molecule has 2 rings (SSSR count). The summed E-state index contributed by atoms with van der Waals surface area (Å²) in [6.45, 7) is 4.04. The summed E-state index contributed by atoms with van der Waals surface area (Å²) in [4.78, 5) is 4.50. The van der Waals surface area contributed by atoms with Crippen LogP contribution in [0.4, 0.5) is 0 Å². The second-order valence-electron chi connectivity index (χ2n) is 3.37. The molecule has 0 aliphatic rings. The van der Waals surface area contributed by atoms with E-state index in [0.29, 0.717) is 0 Å². The summed E-state index contributed by atoms with van der Waals surface area (Å²) in [5.41, 5.74) is 2.12. The molecule has 0 saturated heterocycles. The van der Waals surface area contributed by atoms with E-state index in [2.05, 4.69) is 35.3 Å². The Morgan fingerprint density at radius 2 is 2.00 bits per heavy atom. The molecular formula is C13H13N. The van der Waals surface area contributed by atoms with Gasteiger partial charge in [0.15, 0.2) is 0 Å². The fraction of sp³-hybridized carbons (Fsp3) is 0.154. The molecule has 2 aromatic rings. The molecule has 1 aromatic carbocycles. The van der Waals surface area contributed by atoms with Gasteiger partial charge in [0.25, 0.3) is 0 Å². The van der Waals surface area contributed by atoms with E-state index >= 15 is 0 Å². The third-order valence-corrected chi connectivity index (χ3v) is 2.22. The van der Waals surface area contributed by atoms with Gasteiger partial charge >= 0.3 is 0 Å². The molecule has 0 bridgehead atoms. The van der Waals surface area contributed by atoms with E-state index in [9.17, 15) is 0 Å². The maximum atomic E-state index is 4.50. The first-order valence-electron chi connectivity index (χ1n) is 4.80. The monoisotopic (exact) mass is 183 g/mol. The number of hydrogen-bond donors (Lipinski definition) is 0. The molecule has 1 heterocycles. The van der Waals surface area contributed by atoms with Crippen LogP contribution < -0.4 is 0 Å². The van der Waals surface area contributed by atoms with Crippen molar-refractivity contribution < 1.29 is 0 Å². The Bertz CT molecular complexity index is 484. The summed E-state index contributed by atoms with van der Waals surface area (Å²) in [7, 11) is 0. The highest BCUT2D eigenvalue weighted by Crippen LogP contribution is 2.19. The minimum absolute atomic E-state index is 1.06. The van der Waals surface area contributed by atoms with Crippen LogP contribution >= 0.6 is 0 Å². The third-order valence-electron chi connectivity index (χ3n) is 2.22. The van der Waals surface area contributed by atoms with Gasteiger partial charge in [0.2, 0.25) is 0 Å². The van der Waals surface area contributed by atoms with Crippen molar-refractivity contribution in [1.29, 1.82) is 0 Å². The Morgan fingerprint density at radius 3 is 2.79 bits per heavy atom. The van der Waals surface area contributed by atoms with Gasteiger partial charge in [0, 0.05) is 11.1 Å². The zero-order valence-electron chi connectivity index (χ0n) is 8.49. The summed E-state index contributed by atoms with van der Waals surface area (Å²) in [5.74, 6) is 0. The predicted octanol–water partition coefficient (Wildman–Crippen LogP) is 3.58. The molecule has 0 N–H and O–H groups in total. The van der Waals surface area contributed by atoms with Crippen LogP contribution in [0.1, 0.15) is 18.3 Å². The molecular weight excluding hydrogens is 170 g/mol. The number of hydrogen-bond acceptors (Lipinski definition) is 1. The quantitative estimate of drug-likeness (QED) is 0.658. The number of aromatic nitrogens is 1. The van der Waals surface area contributed by atoms with E-state index in [1.54, 1.807) is 0 Å². The largest absolute Gasteiger partial charge is 0.253 e. The van der Waals surface area contributed by atoms with Crippen LogP contribution in [0.3, 0.4) is 0 Å². The molecule has 14 heavy (non-hydrogen) atoms. The topological polar surface area (TPSA) is 12.9 Å². The molecule has 0 fully saturated rings. The van der Waals surface area contributed by atoms with Gasteiger partial charge in [0.05, 0.1) is 5.69 Å². The second kappa shape index (κ2) is 3.62. The van der Waals surface area contributed by atoms with Crippen molar-refractivity contribution in [2.45, 2.75) is 13.8 Å². The lowest BCUT2D eigenvalue weighted by Crippen LogP contribution is -1.87. The van der Waals surface area contributed by atoms with Gasteiger partial charge in [-0.2, -0.15) is 0 Å². The second-order valence-corrected chi connectivity index (χ2v) is 3.37. The van der Waals surface area contributed by atoms with E-state index in [1.807, 2.05) is 26.0 Å². The highest BCUT2D eigenvalue weighted by atomic mass is 14.7. The van der Waals surface area contributed by atoms with Gasteiger partial charge in [-0.1, -0.05) is 30.3 Å². The number of allylic oxidation sites excluding steroid dienone is 1. The van der Waals surface area contributed by atoms with Crippen molar-refractivity contribution in [3.63, 3.8) is 0 Å². The maximum absolute atomic E-state index is 4.50. The highest BCUT2D eigenvalue weighted by Gasteiger charge is 1.99. The lowest BCUT2D eigenvalue weighted by molar-refractivity contribution is 1.20. The van der Waals surface area contributed by atoms with Crippen LogP contribution in [-0.4, -0.2) is 4.98 Å². The van der Waals surface area contributed by atoms with Crippen molar-refractivity contribution >= 4 is 16.8 Å². The first-order chi connectivity index (χ1) is 6.81. The Balaban J connectivity index is 2.79. The Kier molecular flexibility index (Phi) is 2.32. The molecule has 0 aliphatic heterocycles. The van der Waals surface area contributed by atoms with Crippen molar-refractivity contribution in [2.75, 3.05) is 0 Å². The number of rotatable bonds is 1. The molecule has 1 nitrogen and oxygen atoms in total. The van der Waals surface area contributed by atoms with E-state index in [-0.39, 0.29) is 0 Å². The molecule has 0 unspecified atom stereocenters. The van der Waals surface area contributed by atoms with Crippen LogP contribution in [0.5, 0.6) is 0 Å². The van der Waals surface area contributed by atoms with E-state index in [4.69, 9.17) is 0 Å². The minimum atomic E-state index is 1.06. The molecule has 0 saturated carbocycles. The van der Waals surface area contributed by atoms with Crippen LogP contribution in [0.25, 0.3) is 16.8 Å². The summed E-state index contributed by atoms with van der Waals surface area (Å²) in [5, 5.41) is 2.48. The van der Waals surface area contributed by atoms with Gasteiger partial charge < -0.3 is 0 Å². The molecule has 0 amide bonds. The fourth-order valence-electron chi connectivity index (χ4n) is 1.65. The molecule has 70 valence electrons. The molecule has 0 aliphatic carbocycles. The number of nitrogens with zero attached hydrogens (tertiary/aromatic N) is 1. The zero-order valence-corrected chi connectivity index (χ0v) is 8.49. The summed E-state index contributed by atoms with van der Waals surface area (Å²) >= 11 is 0. The number of pyridine rings is 1. The third kappa shape index (κ3) is 1.53. The van der Waals surface area contributed by atoms with Gasteiger partial charge in [-0.05, 0) is 31.4 Å². The molecule has 1 aromatic heterocycles. The predicted molar refractivity (Wildman–Crippen MR) is 61.2 cm³/mol. The van der Waals surface area contributed by atoms with E-state index in [0.717, 1.165) is 11.4 Å². The average molecular weight is 183 g/mol. The average Bonchev–Trinajstić information content (AvgIpc) is 2.18. The normalized spacial score (nSPS) is 11.3. The van der Waals surface area contributed by atoms with Crippen LogP contribution in [-0.2, 0) is 0 Å². The molecule has 1 heteroatoms. The SMILES string of the molecule is CC=Cc1nc(C)cc2ccccc12. The van der Waals surface area contributed by atoms with Crippen molar-refractivity contribution in [3.8, 4) is 0 Å². The first-order valence-corrected chi connectivity index (χ1v) is 4.80. The van der Waals surface area contributed by atoms with E-state index in [1.165, 1.54) is 10.8 Å². The molecule has 0 radical (unpaired) electrons. The van der Waals surface area contributed by atoms with Gasteiger partial charge in [0.1, 0.15) is 0 Å². The van der Waals surface area contributed by atoms with Gasteiger partial charge in [-0.25, -0.2) is 0 Å². The lowest BCUT2D eigenvalue weighted by Gasteiger charge is -2.03. The van der Waals surface area contributed by atoms with E-state index < -0.39 is 0 Å². The summed E-state index contributed by atoms with van der Waals surface area (Å²) < 4.78 is 0. The summed E-state index contributed by atoms with van der Waals surface area (Å²) in [6.07, 6.45) is 4.07. The highest BCUT2D eigenvalue weighted by molar-refractivity contribution is 5.89. The standard InChI is InChI=1S/C13H13N/c1-3-6-13-12-8-5-4-7-11(12)9-10(2)14-13/h3-9H,1-2H3. The Morgan fingerprint density at radius 1 is 1.21 bits per heavy atom. The fourth-order valence-corrected chi connectivity index (χ4v) is 1.65. The minimum Gasteiger partial charge on any atom is -0.253 e. The molecule has 0 spiro atoms. The van der Waals surface area contributed by atoms with Gasteiger partial charge in [-0.3, -0.25) is 4.98 Å². The molecule has 0 atom stereocenters. The van der Waals surface area contributed by atoms with Crippen molar-refractivity contribution in [1.82, 2.24) is 4.98 Å². The smallest absolute Gasteiger partial charge is 0.0707 e. The first kappa shape index (κ1) is 8.95. The number of benzene rings is 1. The Labute approximate surface area is 84.1 Å². The van der Waals surface area contributed by atoms with Crippen LogP contribution in [0.15, 0.2) is 36.4 Å². The van der Waals surface area contributed by atoms with Gasteiger partial charge in [-0.15, -0.1) is 0 Å². The van der Waals surface area contributed by atoms with Crippen LogP contribution in [0.2, 0.25) is 0 Å².